The van der Waals surface area contributed by atoms with E-state index in [9.17, 15) is 4.79 Å². The van der Waals surface area contributed by atoms with Crippen molar-refractivity contribution in [1.29, 1.82) is 0 Å². The molecule has 2 aromatic carbocycles. The Labute approximate surface area is 150 Å². The molecule has 0 heterocycles. The van der Waals surface area contributed by atoms with Crippen LogP contribution in [0.15, 0.2) is 36.4 Å². The molecule has 0 atom stereocenters. The van der Waals surface area contributed by atoms with E-state index < -0.39 is 0 Å². The second kappa shape index (κ2) is 8.67. The smallest absolute Gasteiger partial charge is 0.255 e. The maximum absolute atomic E-state index is 12.6. The molecule has 134 valence electrons. The van der Waals surface area contributed by atoms with Gasteiger partial charge in [0.05, 0.1) is 19.3 Å². The van der Waals surface area contributed by atoms with Gasteiger partial charge in [0, 0.05) is 16.8 Å². The van der Waals surface area contributed by atoms with Crippen LogP contribution >= 0.6 is 0 Å². The first-order valence-electron chi connectivity index (χ1n) is 8.67. The third-order valence-electron chi connectivity index (χ3n) is 4.05. The van der Waals surface area contributed by atoms with Gasteiger partial charge in [0.2, 0.25) is 0 Å². The van der Waals surface area contributed by atoms with Gasteiger partial charge >= 0.3 is 0 Å². The highest BCUT2D eigenvalue weighted by Crippen LogP contribution is 2.24. The van der Waals surface area contributed by atoms with E-state index >= 15 is 0 Å². The fourth-order valence-corrected chi connectivity index (χ4v) is 2.47. The van der Waals surface area contributed by atoms with E-state index in [1.807, 2.05) is 65.0 Å². The first-order valence-corrected chi connectivity index (χ1v) is 8.67. The monoisotopic (exact) mass is 341 g/mol. The molecule has 4 nitrogen and oxygen atoms in total. The van der Waals surface area contributed by atoms with Crippen molar-refractivity contribution in [2.45, 2.75) is 47.3 Å². The highest BCUT2D eigenvalue weighted by molar-refractivity contribution is 6.04. The van der Waals surface area contributed by atoms with Crippen LogP contribution < -0.4 is 10.1 Å². The number of carbonyl (C=O) groups is 1. The molecule has 0 radical (unpaired) electrons. The average molecular weight is 341 g/mol. The second-order valence-electron chi connectivity index (χ2n) is 6.32. The maximum Gasteiger partial charge on any atom is 0.255 e. The van der Waals surface area contributed by atoms with Crippen molar-refractivity contribution >= 4 is 11.6 Å². The SMILES string of the molecule is CCOc1ccc(C(=O)Nc2cccc(C)c2C)cc1COC(C)C. The number of hydrogen-bond donors (Lipinski definition) is 1. The van der Waals surface area contributed by atoms with E-state index in [-0.39, 0.29) is 12.0 Å². The van der Waals surface area contributed by atoms with Crippen LogP contribution in [0.3, 0.4) is 0 Å². The summed E-state index contributed by atoms with van der Waals surface area (Å²) in [6.45, 7) is 10.9. The predicted molar refractivity (Wildman–Crippen MR) is 101 cm³/mol. The van der Waals surface area contributed by atoms with Gasteiger partial charge in [-0.05, 0) is 70.0 Å². The third kappa shape index (κ3) is 5.07. The van der Waals surface area contributed by atoms with Gasteiger partial charge in [-0.1, -0.05) is 12.1 Å². The van der Waals surface area contributed by atoms with Crippen LogP contribution in [-0.4, -0.2) is 18.6 Å². The number of anilines is 1. The lowest BCUT2D eigenvalue weighted by Gasteiger charge is -2.15. The molecule has 0 aliphatic rings. The number of carbonyl (C=O) groups excluding carboxylic acids is 1. The van der Waals surface area contributed by atoms with Crippen LogP contribution in [0.4, 0.5) is 5.69 Å². The summed E-state index contributed by atoms with van der Waals surface area (Å²) in [5, 5.41) is 2.99. The number of hydrogen-bond acceptors (Lipinski definition) is 3. The number of aryl methyl sites for hydroxylation is 1. The molecule has 2 aromatic rings. The maximum atomic E-state index is 12.6. The molecule has 0 aliphatic heterocycles. The first kappa shape index (κ1) is 19.0. The lowest BCUT2D eigenvalue weighted by atomic mass is 10.1. The number of benzene rings is 2. The van der Waals surface area contributed by atoms with Gasteiger partial charge < -0.3 is 14.8 Å². The van der Waals surface area contributed by atoms with Gasteiger partial charge in [0.1, 0.15) is 5.75 Å². The molecule has 2 rings (SSSR count). The van der Waals surface area contributed by atoms with E-state index in [1.54, 1.807) is 6.07 Å². The largest absolute Gasteiger partial charge is 0.494 e. The molecule has 1 amide bonds. The van der Waals surface area contributed by atoms with Crippen LogP contribution in [0.1, 0.15) is 47.8 Å². The van der Waals surface area contributed by atoms with Crippen molar-refractivity contribution in [1.82, 2.24) is 0 Å². The van der Waals surface area contributed by atoms with Crippen LogP contribution in [0.25, 0.3) is 0 Å². The Bertz CT molecular complexity index is 738. The number of amides is 1. The van der Waals surface area contributed by atoms with Gasteiger partial charge in [-0.2, -0.15) is 0 Å². The first-order chi connectivity index (χ1) is 11.9. The predicted octanol–water partition coefficient (Wildman–Crippen LogP) is 4.88. The zero-order chi connectivity index (χ0) is 18.4. The van der Waals surface area contributed by atoms with Gasteiger partial charge in [-0.3, -0.25) is 4.79 Å². The van der Waals surface area contributed by atoms with E-state index in [1.165, 1.54) is 0 Å². The minimum atomic E-state index is -0.137. The minimum Gasteiger partial charge on any atom is -0.494 e. The Hall–Kier alpha value is -2.33. The topological polar surface area (TPSA) is 47.6 Å². The Morgan fingerprint density at radius 2 is 1.92 bits per heavy atom. The number of ether oxygens (including phenoxy) is 2. The summed E-state index contributed by atoms with van der Waals surface area (Å²) in [4.78, 5) is 12.6. The van der Waals surface area contributed by atoms with Crippen LogP contribution in [-0.2, 0) is 11.3 Å². The summed E-state index contributed by atoms with van der Waals surface area (Å²) in [5.74, 6) is 0.619. The van der Waals surface area contributed by atoms with E-state index in [0.717, 1.165) is 28.1 Å². The van der Waals surface area contributed by atoms with Gasteiger partial charge in [0.15, 0.2) is 0 Å². The summed E-state index contributed by atoms with van der Waals surface area (Å²) in [6, 6.07) is 11.3. The normalized spacial score (nSPS) is 10.8. The highest BCUT2D eigenvalue weighted by atomic mass is 16.5. The zero-order valence-corrected chi connectivity index (χ0v) is 15.7. The molecule has 0 unspecified atom stereocenters. The lowest BCUT2D eigenvalue weighted by molar-refractivity contribution is 0.0641. The molecular weight excluding hydrogens is 314 g/mol. The second-order valence-corrected chi connectivity index (χ2v) is 6.32. The van der Waals surface area contributed by atoms with Crippen molar-refractivity contribution in [2.24, 2.45) is 0 Å². The standard InChI is InChI=1S/C21H27NO3/c1-6-24-20-11-10-17(12-18(20)13-25-14(2)3)21(23)22-19-9-7-8-15(4)16(19)5/h7-12,14H,6,13H2,1-5H3,(H,22,23). The van der Waals surface area contributed by atoms with Crippen molar-refractivity contribution < 1.29 is 14.3 Å². The van der Waals surface area contributed by atoms with Crippen molar-refractivity contribution in [3.05, 3.63) is 58.7 Å². The average Bonchev–Trinajstić information content (AvgIpc) is 2.58. The molecular formula is C21H27NO3. The fourth-order valence-electron chi connectivity index (χ4n) is 2.47. The Morgan fingerprint density at radius 1 is 1.16 bits per heavy atom. The van der Waals surface area contributed by atoms with Crippen LogP contribution in [0, 0.1) is 13.8 Å². The third-order valence-corrected chi connectivity index (χ3v) is 4.05. The van der Waals surface area contributed by atoms with Crippen molar-refractivity contribution in [2.75, 3.05) is 11.9 Å². The number of rotatable bonds is 7. The van der Waals surface area contributed by atoms with Gasteiger partial charge in [-0.25, -0.2) is 0 Å². The minimum absolute atomic E-state index is 0.113. The van der Waals surface area contributed by atoms with E-state index in [2.05, 4.69) is 5.32 Å². The van der Waals surface area contributed by atoms with Gasteiger partial charge in [-0.15, -0.1) is 0 Å². The molecule has 0 saturated carbocycles. The Morgan fingerprint density at radius 3 is 2.60 bits per heavy atom. The van der Waals surface area contributed by atoms with E-state index in [4.69, 9.17) is 9.47 Å². The zero-order valence-electron chi connectivity index (χ0n) is 15.7. The Balaban J connectivity index is 2.23. The molecule has 0 spiro atoms. The molecule has 0 bridgehead atoms. The summed E-state index contributed by atoms with van der Waals surface area (Å²) >= 11 is 0. The summed E-state index contributed by atoms with van der Waals surface area (Å²) < 4.78 is 11.3. The van der Waals surface area contributed by atoms with E-state index in [0.29, 0.717) is 18.8 Å². The van der Waals surface area contributed by atoms with Crippen LogP contribution in [0.2, 0.25) is 0 Å². The molecule has 0 saturated heterocycles. The summed E-state index contributed by atoms with van der Waals surface area (Å²) in [7, 11) is 0. The highest BCUT2D eigenvalue weighted by Gasteiger charge is 2.13. The van der Waals surface area contributed by atoms with Gasteiger partial charge in [0.25, 0.3) is 5.91 Å². The molecule has 0 fully saturated rings. The molecule has 25 heavy (non-hydrogen) atoms. The molecule has 4 heteroatoms. The van der Waals surface area contributed by atoms with Crippen LogP contribution in [0.5, 0.6) is 5.75 Å². The lowest BCUT2D eigenvalue weighted by Crippen LogP contribution is -2.14. The molecule has 1 N–H and O–H groups in total. The van der Waals surface area contributed by atoms with Crippen molar-refractivity contribution in [3.8, 4) is 5.75 Å². The Kier molecular flexibility index (Phi) is 6.59. The molecule has 0 aliphatic carbocycles. The summed E-state index contributed by atoms with van der Waals surface area (Å²) in [6.07, 6.45) is 0.113. The fraction of sp³-hybridized carbons (Fsp3) is 0.381. The quantitative estimate of drug-likeness (QED) is 0.781. The number of nitrogens with one attached hydrogen (secondary N) is 1. The summed E-state index contributed by atoms with van der Waals surface area (Å²) in [5.41, 5.74) is 4.52. The molecule has 0 aromatic heterocycles. The van der Waals surface area contributed by atoms with Crippen molar-refractivity contribution in [3.63, 3.8) is 0 Å².